The Morgan fingerprint density at radius 1 is 1.25 bits per heavy atom. The molecular weight excluding hydrogens is 219 g/mol. The van der Waals surface area contributed by atoms with E-state index >= 15 is 0 Å². The molecule has 1 atom stereocenters. The maximum absolute atomic E-state index is 13.4. The topological polar surface area (TPSA) is 21.3 Å². The van der Waals surface area contributed by atoms with Gasteiger partial charge in [-0.1, -0.05) is 6.07 Å². The van der Waals surface area contributed by atoms with Crippen LogP contribution in [0.5, 0.6) is 0 Å². The van der Waals surface area contributed by atoms with Crippen LogP contribution in [0.4, 0.5) is 13.2 Å². The molecule has 0 heterocycles. The Balaban J connectivity index is 2.96. The Bertz CT molecular complexity index is 357. The van der Waals surface area contributed by atoms with Crippen LogP contribution in [0.25, 0.3) is 0 Å². The summed E-state index contributed by atoms with van der Waals surface area (Å²) in [6, 6.07) is 1.63. The third-order valence-corrected chi connectivity index (χ3v) is 2.28. The summed E-state index contributed by atoms with van der Waals surface area (Å²) < 4.78 is 44.2. The van der Waals surface area contributed by atoms with Gasteiger partial charge >= 0.3 is 0 Å². The van der Waals surface area contributed by atoms with Crippen molar-refractivity contribution in [1.29, 1.82) is 0 Å². The Morgan fingerprint density at radius 3 is 2.50 bits per heavy atom. The molecule has 0 amide bonds. The molecule has 1 aromatic carbocycles. The maximum Gasteiger partial charge on any atom is 0.194 e. The summed E-state index contributed by atoms with van der Waals surface area (Å²) in [4.78, 5) is 0. The van der Waals surface area contributed by atoms with E-state index in [1.54, 1.807) is 14.0 Å². The van der Waals surface area contributed by atoms with Crippen LogP contribution < -0.4 is 5.32 Å². The molecule has 1 unspecified atom stereocenters. The van der Waals surface area contributed by atoms with Crippen LogP contribution in [-0.2, 0) is 4.74 Å². The monoisotopic (exact) mass is 233 g/mol. The highest BCUT2D eigenvalue weighted by Crippen LogP contribution is 2.21. The molecular formula is C11H14F3NO. The third kappa shape index (κ3) is 2.74. The third-order valence-electron chi connectivity index (χ3n) is 2.28. The summed E-state index contributed by atoms with van der Waals surface area (Å²) in [5.74, 6) is -3.80. The molecule has 5 heteroatoms. The summed E-state index contributed by atoms with van der Waals surface area (Å²) >= 11 is 0. The molecule has 0 radical (unpaired) electrons. The van der Waals surface area contributed by atoms with Crippen molar-refractivity contribution in [2.24, 2.45) is 0 Å². The maximum atomic E-state index is 13.4. The van der Waals surface area contributed by atoms with Gasteiger partial charge in [0.15, 0.2) is 17.5 Å². The number of hydrogen-bond donors (Lipinski definition) is 1. The summed E-state index contributed by atoms with van der Waals surface area (Å²) in [6.45, 7) is 2.48. The molecule has 2 nitrogen and oxygen atoms in total. The molecule has 1 N–H and O–H groups in total. The van der Waals surface area contributed by atoms with Crippen LogP contribution in [0.2, 0.25) is 0 Å². The van der Waals surface area contributed by atoms with E-state index < -0.39 is 23.5 Å². The molecule has 0 aliphatic heterocycles. The van der Waals surface area contributed by atoms with E-state index in [1.165, 1.54) is 6.07 Å². The van der Waals surface area contributed by atoms with Crippen LogP contribution in [-0.4, -0.2) is 20.3 Å². The molecule has 1 aromatic rings. The smallest absolute Gasteiger partial charge is 0.194 e. The molecule has 1 rings (SSSR count). The molecule has 0 aliphatic carbocycles. The number of nitrogens with one attached hydrogen (secondary N) is 1. The largest absolute Gasteiger partial charge is 0.380 e. The molecule has 0 saturated carbocycles. The SMILES string of the molecule is CCOCC(NC)c1ccc(F)c(F)c1F. The predicted octanol–water partition coefficient (Wildman–Crippen LogP) is 2.40. The molecule has 0 aromatic heterocycles. The van der Waals surface area contributed by atoms with Crippen molar-refractivity contribution >= 4 is 0 Å². The lowest BCUT2D eigenvalue weighted by Gasteiger charge is -2.17. The highest BCUT2D eigenvalue weighted by molar-refractivity contribution is 5.23. The van der Waals surface area contributed by atoms with Crippen LogP contribution >= 0.6 is 0 Å². The lowest BCUT2D eigenvalue weighted by Crippen LogP contribution is -2.23. The first-order chi connectivity index (χ1) is 7.61. The summed E-state index contributed by atoms with van der Waals surface area (Å²) in [6.07, 6.45) is 0. The van der Waals surface area contributed by atoms with E-state index in [0.29, 0.717) is 6.61 Å². The highest BCUT2D eigenvalue weighted by atomic mass is 19.2. The van der Waals surface area contributed by atoms with E-state index in [9.17, 15) is 13.2 Å². The van der Waals surface area contributed by atoms with Crippen molar-refractivity contribution in [1.82, 2.24) is 5.32 Å². The van der Waals surface area contributed by atoms with Crippen molar-refractivity contribution in [3.8, 4) is 0 Å². The number of likely N-dealkylation sites (N-methyl/N-ethyl adjacent to an activating group) is 1. The normalized spacial score (nSPS) is 12.8. The lowest BCUT2D eigenvalue weighted by atomic mass is 10.1. The van der Waals surface area contributed by atoms with Crippen molar-refractivity contribution in [3.63, 3.8) is 0 Å². The molecule has 0 bridgehead atoms. The Kier molecular flexibility index (Phi) is 4.76. The van der Waals surface area contributed by atoms with Gasteiger partial charge in [0.2, 0.25) is 0 Å². The minimum Gasteiger partial charge on any atom is -0.380 e. The first-order valence-corrected chi connectivity index (χ1v) is 5.00. The summed E-state index contributed by atoms with van der Waals surface area (Å²) in [5.41, 5.74) is 0.0647. The Labute approximate surface area is 92.4 Å². The van der Waals surface area contributed by atoms with Gasteiger partial charge in [-0.3, -0.25) is 0 Å². The second-order valence-electron chi connectivity index (χ2n) is 3.27. The van der Waals surface area contributed by atoms with Gasteiger partial charge in [-0.2, -0.15) is 0 Å². The number of hydrogen-bond acceptors (Lipinski definition) is 2. The van der Waals surface area contributed by atoms with E-state index in [4.69, 9.17) is 4.74 Å². The average molecular weight is 233 g/mol. The summed E-state index contributed by atoms with van der Waals surface area (Å²) in [5, 5.41) is 2.79. The quantitative estimate of drug-likeness (QED) is 0.788. The summed E-state index contributed by atoms with van der Waals surface area (Å²) in [7, 11) is 1.60. The molecule has 0 aliphatic rings. The minimum atomic E-state index is -1.45. The average Bonchev–Trinajstić information content (AvgIpc) is 2.29. The number of halogens is 3. The number of benzene rings is 1. The van der Waals surface area contributed by atoms with E-state index in [2.05, 4.69) is 5.32 Å². The minimum absolute atomic E-state index is 0.0647. The molecule has 0 fully saturated rings. The zero-order valence-electron chi connectivity index (χ0n) is 9.19. The first kappa shape index (κ1) is 13.0. The van der Waals surface area contributed by atoms with Gasteiger partial charge in [0, 0.05) is 12.2 Å². The molecule has 0 saturated heterocycles. The first-order valence-electron chi connectivity index (χ1n) is 5.00. The fraction of sp³-hybridized carbons (Fsp3) is 0.455. The fourth-order valence-corrected chi connectivity index (χ4v) is 1.37. The van der Waals surface area contributed by atoms with Crippen LogP contribution in [0.1, 0.15) is 18.5 Å². The number of rotatable bonds is 5. The fourth-order valence-electron chi connectivity index (χ4n) is 1.37. The lowest BCUT2D eigenvalue weighted by molar-refractivity contribution is 0.124. The van der Waals surface area contributed by atoms with Gasteiger partial charge in [0.1, 0.15) is 0 Å². The van der Waals surface area contributed by atoms with Crippen LogP contribution in [0.15, 0.2) is 12.1 Å². The van der Waals surface area contributed by atoms with Gasteiger partial charge in [-0.15, -0.1) is 0 Å². The molecule has 90 valence electrons. The van der Waals surface area contributed by atoms with Crippen molar-refractivity contribution in [2.75, 3.05) is 20.3 Å². The highest BCUT2D eigenvalue weighted by Gasteiger charge is 2.19. The number of ether oxygens (including phenoxy) is 1. The van der Waals surface area contributed by atoms with Crippen molar-refractivity contribution in [2.45, 2.75) is 13.0 Å². The zero-order chi connectivity index (χ0) is 12.1. The van der Waals surface area contributed by atoms with E-state index in [-0.39, 0.29) is 12.2 Å². The predicted molar refractivity (Wildman–Crippen MR) is 54.6 cm³/mol. The van der Waals surface area contributed by atoms with Crippen molar-refractivity contribution in [3.05, 3.63) is 35.1 Å². The van der Waals surface area contributed by atoms with Gasteiger partial charge < -0.3 is 10.1 Å². The zero-order valence-corrected chi connectivity index (χ0v) is 9.19. The van der Waals surface area contributed by atoms with Gasteiger partial charge in [0.05, 0.1) is 12.6 Å². The van der Waals surface area contributed by atoms with Gasteiger partial charge in [-0.25, -0.2) is 13.2 Å². The van der Waals surface area contributed by atoms with E-state index in [1.807, 2.05) is 0 Å². The molecule has 0 spiro atoms. The van der Waals surface area contributed by atoms with E-state index in [0.717, 1.165) is 6.07 Å². The van der Waals surface area contributed by atoms with Gasteiger partial charge in [-0.05, 0) is 20.0 Å². The second-order valence-corrected chi connectivity index (χ2v) is 3.27. The second kappa shape index (κ2) is 5.86. The van der Waals surface area contributed by atoms with Gasteiger partial charge in [0.25, 0.3) is 0 Å². The Morgan fingerprint density at radius 2 is 1.94 bits per heavy atom. The Hall–Kier alpha value is -1.07. The van der Waals surface area contributed by atoms with Crippen LogP contribution in [0, 0.1) is 17.5 Å². The standard InChI is InChI=1S/C11H14F3NO/c1-3-16-6-9(15-2)7-4-5-8(12)11(14)10(7)13/h4-5,9,15H,3,6H2,1-2H3. The van der Waals surface area contributed by atoms with Crippen molar-refractivity contribution < 1.29 is 17.9 Å². The van der Waals surface area contributed by atoms with Crippen LogP contribution in [0.3, 0.4) is 0 Å². The molecule has 16 heavy (non-hydrogen) atoms.